The van der Waals surface area contributed by atoms with E-state index in [2.05, 4.69) is 5.10 Å². The third-order valence-electron chi connectivity index (χ3n) is 2.61. The number of ketones is 1. The van der Waals surface area contributed by atoms with Gasteiger partial charge in [0.1, 0.15) is 0 Å². The molecule has 0 atom stereocenters. The van der Waals surface area contributed by atoms with Crippen molar-refractivity contribution in [2.75, 3.05) is 5.75 Å². The summed E-state index contributed by atoms with van der Waals surface area (Å²) < 4.78 is 1.95. The third kappa shape index (κ3) is 3.47. The molecule has 0 spiro atoms. The number of carbonyl (C=O) groups excluding carboxylic acids is 1. The lowest BCUT2D eigenvalue weighted by Crippen LogP contribution is -2.00. The van der Waals surface area contributed by atoms with Crippen LogP contribution < -0.4 is 0 Å². The second kappa shape index (κ2) is 5.87. The van der Waals surface area contributed by atoms with E-state index < -0.39 is 0 Å². The molecule has 0 aliphatic carbocycles. The standard InChI is InChI=1S/C14H16N2OS/c1-11-9-15-16(10-11)7-8-18-14-5-3-13(4-6-14)12(2)17/h3-6,9-10H,7-8H2,1-2H3. The van der Waals surface area contributed by atoms with Gasteiger partial charge in [-0.25, -0.2) is 0 Å². The van der Waals surface area contributed by atoms with Crippen molar-refractivity contribution < 1.29 is 4.79 Å². The van der Waals surface area contributed by atoms with Crippen LogP contribution >= 0.6 is 11.8 Å². The fourth-order valence-corrected chi connectivity index (χ4v) is 2.47. The van der Waals surface area contributed by atoms with Gasteiger partial charge in [0.2, 0.25) is 0 Å². The van der Waals surface area contributed by atoms with E-state index in [1.54, 1.807) is 18.7 Å². The van der Waals surface area contributed by atoms with Crippen molar-refractivity contribution in [1.82, 2.24) is 9.78 Å². The highest BCUT2D eigenvalue weighted by Gasteiger charge is 2.00. The summed E-state index contributed by atoms with van der Waals surface area (Å²) in [6.45, 7) is 4.52. The van der Waals surface area contributed by atoms with Gasteiger partial charge in [-0.15, -0.1) is 11.8 Å². The molecule has 1 heterocycles. The Morgan fingerprint density at radius 2 is 2.06 bits per heavy atom. The number of aryl methyl sites for hydroxylation is 2. The van der Waals surface area contributed by atoms with Gasteiger partial charge in [0.25, 0.3) is 0 Å². The highest BCUT2D eigenvalue weighted by Crippen LogP contribution is 2.18. The zero-order valence-corrected chi connectivity index (χ0v) is 11.4. The summed E-state index contributed by atoms with van der Waals surface area (Å²) in [6, 6.07) is 7.75. The van der Waals surface area contributed by atoms with E-state index in [9.17, 15) is 4.79 Å². The summed E-state index contributed by atoms with van der Waals surface area (Å²) in [5.41, 5.74) is 1.95. The van der Waals surface area contributed by atoms with Gasteiger partial charge < -0.3 is 0 Å². The Morgan fingerprint density at radius 3 is 2.61 bits per heavy atom. The molecule has 0 aliphatic rings. The van der Waals surface area contributed by atoms with Crippen molar-refractivity contribution in [3.8, 4) is 0 Å². The monoisotopic (exact) mass is 260 g/mol. The number of hydrogen-bond donors (Lipinski definition) is 0. The van der Waals surface area contributed by atoms with Crippen molar-refractivity contribution in [1.29, 1.82) is 0 Å². The van der Waals surface area contributed by atoms with Crippen molar-refractivity contribution in [2.45, 2.75) is 25.3 Å². The Kier molecular flexibility index (Phi) is 4.20. The topological polar surface area (TPSA) is 34.9 Å². The molecule has 2 rings (SSSR count). The lowest BCUT2D eigenvalue weighted by atomic mass is 10.2. The minimum absolute atomic E-state index is 0.110. The molecule has 1 aromatic carbocycles. The SMILES string of the molecule is CC(=O)c1ccc(SCCn2cc(C)cn2)cc1. The van der Waals surface area contributed by atoms with Crippen molar-refractivity contribution in [3.05, 3.63) is 47.8 Å². The fraction of sp³-hybridized carbons (Fsp3) is 0.286. The average Bonchev–Trinajstić information content (AvgIpc) is 2.76. The van der Waals surface area contributed by atoms with Crippen LogP contribution in [0.3, 0.4) is 0 Å². The molecule has 18 heavy (non-hydrogen) atoms. The van der Waals surface area contributed by atoms with Crippen molar-refractivity contribution >= 4 is 17.5 Å². The number of nitrogens with zero attached hydrogens (tertiary/aromatic N) is 2. The first kappa shape index (κ1) is 12.9. The second-order valence-electron chi connectivity index (χ2n) is 4.21. The first-order chi connectivity index (χ1) is 8.65. The first-order valence-electron chi connectivity index (χ1n) is 5.88. The van der Waals surface area contributed by atoms with E-state index in [1.165, 1.54) is 10.5 Å². The van der Waals surface area contributed by atoms with Gasteiger partial charge in [0.15, 0.2) is 5.78 Å². The number of aromatic nitrogens is 2. The smallest absolute Gasteiger partial charge is 0.159 e. The Morgan fingerprint density at radius 1 is 1.33 bits per heavy atom. The lowest BCUT2D eigenvalue weighted by molar-refractivity contribution is 0.101. The Labute approximate surface area is 111 Å². The molecule has 0 bridgehead atoms. The van der Waals surface area contributed by atoms with Crippen molar-refractivity contribution in [3.63, 3.8) is 0 Å². The molecule has 0 unspecified atom stereocenters. The molecule has 2 aromatic rings. The molecule has 4 heteroatoms. The highest BCUT2D eigenvalue weighted by atomic mass is 32.2. The van der Waals surface area contributed by atoms with Gasteiger partial charge in [-0.1, -0.05) is 12.1 Å². The zero-order valence-electron chi connectivity index (χ0n) is 10.6. The molecular weight excluding hydrogens is 244 g/mol. The Balaban J connectivity index is 1.85. The number of rotatable bonds is 5. The number of carbonyl (C=O) groups is 1. The summed E-state index contributed by atoms with van der Waals surface area (Å²) in [5.74, 6) is 1.08. The van der Waals surface area contributed by atoms with Crippen molar-refractivity contribution in [2.24, 2.45) is 0 Å². The zero-order chi connectivity index (χ0) is 13.0. The van der Waals surface area contributed by atoms with Crippen LogP contribution in [0.1, 0.15) is 22.8 Å². The molecule has 3 nitrogen and oxygen atoms in total. The summed E-state index contributed by atoms with van der Waals surface area (Å²) in [7, 11) is 0. The van der Waals surface area contributed by atoms with Gasteiger partial charge in [-0.05, 0) is 31.5 Å². The average molecular weight is 260 g/mol. The molecule has 0 N–H and O–H groups in total. The molecule has 94 valence electrons. The van der Waals surface area contributed by atoms with E-state index in [0.717, 1.165) is 17.9 Å². The lowest BCUT2D eigenvalue weighted by Gasteiger charge is -2.03. The number of Topliss-reactive ketones (excluding diaryl/α,β-unsaturated/α-hetero) is 1. The van der Waals surface area contributed by atoms with E-state index in [-0.39, 0.29) is 5.78 Å². The minimum Gasteiger partial charge on any atom is -0.295 e. The van der Waals surface area contributed by atoms with Crippen LogP contribution in [-0.2, 0) is 6.54 Å². The van der Waals surface area contributed by atoms with Crippen LogP contribution in [0.15, 0.2) is 41.6 Å². The first-order valence-corrected chi connectivity index (χ1v) is 6.86. The van der Waals surface area contributed by atoms with Gasteiger partial charge in [-0.2, -0.15) is 5.10 Å². The molecule has 0 aliphatic heterocycles. The van der Waals surface area contributed by atoms with Crippen LogP contribution in [-0.4, -0.2) is 21.3 Å². The van der Waals surface area contributed by atoms with Gasteiger partial charge in [0, 0.05) is 22.4 Å². The molecule has 0 saturated heterocycles. The minimum atomic E-state index is 0.110. The maximum Gasteiger partial charge on any atom is 0.159 e. The summed E-state index contributed by atoms with van der Waals surface area (Å²) in [4.78, 5) is 12.3. The molecule has 0 fully saturated rings. The maximum atomic E-state index is 11.1. The largest absolute Gasteiger partial charge is 0.295 e. The van der Waals surface area contributed by atoms with Crippen LogP contribution in [0, 0.1) is 6.92 Å². The van der Waals surface area contributed by atoms with E-state index in [0.29, 0.717) is 0 Å². The predicted molar refractivity (Wildman–Crippen MR) is 74.1 cm³/mol. The van der Waals surface area contributed by atoms with Crippen LogP contribution in [0.2, 0.25) is 0 Å². The summed E-state index contributed by atoms with van der Waals surface area (Å²) >= 11 is 1.77. The van der Waals surface area contributed by atoms with Crippen LogP contribution in [0.25, 0.3) is 0 Å². The van der Waals surface area contributed by atoms with Crippen LogP contribution in [0.5, 0.6) is 0 Å². The molecule has 0 radical (unpaired) electrons. The van der Waals surface area contributed by atoms with Crippen LogP contribution in [0.4, 0.5) is 0 Å². The Bertz CT molecular complexity index is 531. The molecule has 0 saturated carbocycles. The van der Waals surface area contributed by atoms with Gasteiger partial charge in [-0.3, -0.25) is 9.48 Å². The normalized spacial score (nSPS) is 10.6. The van der Waals surface area contributed by atoms with E-state index >= 15 is 0 Å². The maximum absolute atomic E-state index is 11.1. The summed E-state index contributed by atoms with van der Waals surface area (Å²) in [6.07, 6.45) is 3.91. The number of hydrogen-bond acceptors (Lipinski definition) is 3. The summed E-state index contributed by atoms with van der Waals surface area (Å²) in [5, 5.41) is 4.24. The van der Waals surface area contributed by atoms with E-state index in [4.69, 9.17) is 0 Å². The second-order valence-corrected chi connectivity index (χ2v) is 5.38. The van der Waals surface area contributed by atoms with Gasteiger partial charge in [0.05, 0.1) is 12.7 Å². The molecular formula is C14H16N2OS. The number of thioether (sulfide) groups is 1. The number of benzene rings is 1. The Hall–Kier alpha value is -1.55. The third-order valence-corrected chi connectivity index (χ3v) is 3.60. The van der Waals surface area contributed by atoms with Gasteiger partial charge >= 0.3 is 0 Å². The predicted octanol–water partition coefficient (Wildman–Crippen LogP) is 3.19. The molecule has 0 amide bonds. The highest BCUT2D eigenvalue weighted by molar-refractivity contribution is 7.99. The fourth-order valence-electron chi connectivity index (χ4n) is 1.63. The quantitative estimate of drug-likeness (QED) is 0.611. The van der Waals surface area contributed by atoms with E-state index in [1.807, 2.05) is 48.3 Å². The molecule has 1 aromatic heterocycles.